The van der Waals surface area contributed by atoms with Crippen LogP contribution in [0.4, 0.5) is 23.2 Å². The second kappa shape index (κ2) is 13.0. The third-order valence-corrected chi connectivity index (χ3v) is 9.79. The number of carbonyl (C=O) groups is 2. The number of halogens is 4. The maximum atomic E-state index is 15.1. The standard InChI is InChI=1S/C37H45F4N3O2/c1-24-10-6-14-29(38)31(24)34(46)44-21-8-13-28(33(45)42-27-12-7-11-26(22-27)35(2,3)4)32(44)25-16-18-36(5,19-17-25)23-43-20-9-15-30(43)37(39,40)41/h6-7,10-12,14,16-18,22,28,30,32H,8-9,13,15,19-21,23H2,1-5H3,(H,42,45)/t28?,30-,32+,36?/m1/s1. The van der Waals surface area contributed by atoms with Crippen LogP contribution in [0.25, 0.3) is 0 Å². The molecule has 5 nitrogen and oxygen atoms in total. The molecule has 2 amide bonds. The monoisotopic (exact) mass is 639 g/mol. The fourth-order valence-corrected chi connectivity index (χ4v) is 7.23. The molecule has 4 atom stereocenters. The minimum Gasteiger partial charge on any atom is -0.331 e. The maximum absolute atomic E-state index is 15.1. The van der Waals surface area contributed by atoms with Gasteiger partial charge in [-0.15, -0.1) is 0 Å². The highest BCUT2D eigenvalue weighted by atomic mass is 19.4. The van der Waals surface area contributed by atoms with Crippen molar-refractivity contribution in [3.63, 3.8) is 0 Å². The second-order valence-electron chi connectivity index (χ2n) is 14.5. The van der Waals surface area contributed by atoms with Crippen molar-refractivity contribution in [3.05, 3.63) is 88.8 Å². The molecular weight excluding hydrogens is 594 g/mol. The Morgan fingerprint density at radius 2 is 1.74 bits per heavy atom. The first-order valence-electron chi connectivity index (χ1n) is 16.2. The van der Waals surface area contributed by atoms with Gasteiger partial charge in [0.25, 0.3) is 5.91 Å². The molecule has 0 saturated carbocycles. The van der Waals surface area contributed by atoms with Gasteiger partial charge in [-0.3, -0.25) is 14.5 Å². The average Bonchev–Trinajstić information content (AvgIpc) is 3.45. The normalized spacial score (nSPS) is 25.8. The Balaban J connectivity index is 1.45. The summed E-state index contributed by atoms with van der Waals surface area (Å²) in [7, 11) is 0. The Labute approximate surface area is 269 Å². The van der Waals surface area contributed by atoms with Gasteiger partial charge in [-0.1, -0.05) is 70.2 Å². The third-order valence-electron chi connectivity index (χ3n) is 9.79. The minimum absolute atomic E-state index is 0.0103. The summed E-state index contributed by atoms with van der Waals surface area (Å²) in [6.07, 6.45) is 3.66. The number of rotatable bonds is 6. The molecule has 0 bridgehead atoms. The number of alkyl halides is 3. The van der Waals surface area contributed by atoms with E-state index in [1.807, 2.05) is 49.4 Å². The molecule has 2 unspecified atom stereocenters. The molecule has 3 aliphatic rings. The molecule has 1 aliphatic carbocycles. The molecule has 9 heteroatoms. The van der Waals surface area contributed by atoms with Crippen molar-refractivity contribution >= 4 is 17.5 Å². The third kappa shape index (κ3) is 7.24. The molecule has 2 aromatic rings. The van der Waals surface area contributed by atoms with Crippen LogP contribution in [0.1, 0.15) is 81.3 Å². The van der Waals surface area contributed by atoms with Crippen LogP contribution in [0.2, 0.25) is 0 Å². The lowest BCUT2D eigenvalue weighted by atomic mass is 9.76. The van der Waals surface area contributed by atoms with Crippen LogP contribution in [0.5, 0.6) is 0 Å². The van der Waals surface area contributed by atoms with Crippen molar-refractivity contribution < 1.29 is 27.2 Å². The first kappa shape index (κ1) is 33.9. The molecule has 2 aromatic carbocycles. The lowest BCUT2D eigenvalue weighted by molar-refractivity contribution is -0.178. The fraction of sp³-hybridized carbons (Fsp3) is 0.514. The fourth-order valence-electron chi connectivity index (χ4n) is 7.23. The zero-order chi connectivity index (χ0) is 33.4. The number of carbonyl (C=O) groups excluding carboxylic acids is 2. The summed E-state index contributed by atoms with van der Waals surface area (Å²) in [5, 5.41) is 3.08. The lowest BCUT2D eigenvalue weighted by Crippen LogP contribution is -2.53. The largest absolute Gasteiger partial charge is 0.404 e. The van der Waals surface area contributed by atoms with Crippen LogP contribution < -0.4 is 5.32 Å². The zero-order valence-electron chi connectivity index (χ0n) is 27.4. The number of benzene rings is 2. The SMILES string of the molecule is Cc1cccc(F)c1C(=O)N1CCCC(C(=O)Nc2cccc(C(C)(C)C)c2)[C@@H]1C1=CCC(C)(CN2CCC[C@@H]2C(F)(F)F)C=C1. The van der Waals surface area contributed by atoms with Gasteiger partial charge >= 0.3 is 6.18 Å². The summed E-state index contributed by atoms with van der Waals surface area (Å²) in [5.74, 6) is -1.93. The zero-order valence-corrected chi connectivity index (χ0v) is 27.4. The Morgan fingerprint density at radius 3 is 2.39 bits per heavy atom. The van der Waals surface area contributed by atoms with E-state index in [0.29, 0.717) is 50.0 Å². The van der Waals surface area contributed by atoms with Crippen molar-refractivity contribution in [2.75, 3.05) is 25.0 Å². The Bertz CT molecular complexity index is 1500. The predicted octanol–water partition coefficient (Wildman–Crippen LogP) is 8.21. The summed E-state index contributed by atoms with van der Waals surface area (Å²) >= 11 is 0. The number of nitrogens with one attached hydrogen (secondary N) is 1. The van der Waals surface area contributed by atoms with Gasteiger partial charge in [0.05, 0.1) is 17.5 Å². The average molecular weight is 640 g/mol. The number of amides is 2. The summed E-state index contributed by atoms with van der Waals surface area (Å²) in [5.41, 5.74) is 2.32. The van der Waals surface area contributed by atoms with Crippen LogP contribution in [-0.2, 0) is 10.2 Å². The molecule has 2 heterocycles. The molecular formula is C37H45F4N3O2. The smallest absolute Gasteiger partial charge is 0.331 e. The minimum atomic E-state index is -4.27. The molecule has 2 saturated heterocycles. The number of piperidine rings is 1. The van der Waals surface area contributed by atoms with Crippen molar-refractivity contribution in [2.45, 2.75) is 90.4 Å². The highest BCUT2D eigenvalue weighted by molar-refractivity contribution is 5.98. The van der Waals surface area contributed by atoms with E-state index in [9.17, 15) is 22.8 Å². The molecule has 46 heavy (non-hydrogen) atoms. The van der Waals surface area contributed by atoms with Gasteiger partial charge in [0, 0.05) is 24.2 Å². The van der Waals surface area contributed by atoms with E-state index in [1.54, 1.807) is 24.0 Å². The first-order valence-corrected chi connectivity index (χ1v) is 16.2. The molecule has 5 rings (SSSR count). The van der Waals surface area contributed by atoms with Gasteiger partial charge in [0.15, 0.2) is 0 Å². The van der Waals surface area contributed by atoms with Crippen LogP contribution in [0.15, 0.2) is 66.3 Å². The quantitative estimate of drug-likeness (QED) is 0.324. The van der Waals surface area contributed by atoms with Crippen LogP contribution in [0.3, 0.4) is 0 Å². The summed E-state index contributed by atoms with van der Waals surface area (Å²) < 4.78 is 56.1. The maximum Gasteiger partial charge on any atom is 0.404 e. The predicted molar refractivity (Wildman–Crippen MR) is 173 cm³/mol. The number of hydrogen-bond acceptors (Lipinski definition) is 3. The van der Waals surface area contributed by atoms with Gasteiger partial charge in [-0.05, 0) is 85.9 Å². The van der Waals surface area contributed by atoms with E-state index in [2.05, 4.69) is 26.1 Å². The van der Waals surface area contributed by atoms with Gasteiger partial charge in [-0.25, -0.2) is 4.39 Å². The van der Waals surface area contributed by atoms with Gasteiger partial charge in [0.2, 0.25) is 5.91 Å². The number of aryl methyl sites for hydroxylation is 1. The highest BCUT2D eigenvalue weighted by Gasteiger charge is 2.48. The topological polar surface area (TPSA) is 52.7 Å². The number of hydrogen-bond donors (Lipinski definition) is 1. The van der Waals surface area contributed by atoms with Crippen molar-refractivity contribution in [2.24, 2.45) is 11.3 Å². The molecule has 2 aliphatic heterocycles. The highest BCUT2D eigenvalue weighted by Crippen LogP contribution is 2.41. The Hall–Kier alpha value is -3.46. The van der Waals surface area contributed by atoms with Crippen molar-refractivity contribution in [1.82, 2.24) is 9.80 Å². The van der Waals surface area contributed by atoms with E-state index in [0.717, 1.165) is 11.1 Å². The summed E-state index contributed by atoms with van der Waals surface area (Å²) in [6, 6.07) is 10.1. The number of likely N-dealkylation sites (tertiary alicyclic amines) is 2. The number of anilines is 1. The molecule has 2 fully saturated rings. The van der Waals surface area contributed by atoms with Crippen LogP contribution >= 0.6 is 0 Å². The Morgan fingerprint density at radius 1 is 1.02 bits per heavy atom. The van der Waals surface area contributed by atoms with Gasteiger partial charge in [-0.2, -0.15) is 13.2 Å². The second-order valence-corrected chi connectivity index (χ2v) is 14.5. The Kier molecular flexibility index (Phi) is 9.56. The molecule has 1 N–H and O–H groups in total. The van der Waals surface area contributed by atoms with Crippen molar-refractivity contribution in [3.8, 4) is 0 Å². The lowest BCUT2D eigenvalue weighted by Gasteiger charge is -2.43. The van der Waals surface area contributed by atoms with Gasteiger partial charge in [0.1, 0.15) is 11.9 Å². The van der Waals surface area contributed by atoms with E-state index in [-0.39, 0.29) is 29.9 Å². The van der Waals surface area contributed by atoms with E-state index >= 15 is 4.39 Å². The van der Waals surface area contributed by atoms with Gasteiger partial charge < -0.3 is 10.2 Å². The number of allylic oxidation sites excluding steroid dienone is 1. The summed E-state index contributed by atoms with van der Waals surface area (Å²) in [6.45, 7) is 10.9. The van der Waals surface area contributed by atoms with Crippen LogP contribution in [-0.4, -0.2) is 59.5 Å². The summed E-state index contributed by atoms with van der Waals surface area (Å²) in [4.78, 5) is 31.2. The van der Waals surface area contributed by atoms with E-state index in [4.69, 9.17) is 0 Å². The molecule has 0 spiro atoms. The number of nitrogens with zero attached hydrogens (tertiary/aromatic N) is 2. The molecule has 0 radical (unpaired) electrons. The van der Waals surface area contributed by atoms with E-state index < -0.39 is 41.3 Å². The van der Waals surface area contributed by atoms with E-state index in [1.165, 1.54) is 11.0 Å². The van der Waals surface area contributed by atoms with Crippen LogP contribution in [0, 0.1) is 24.1 Å². The molecule has 248 valence electrons. The van der Waals surface area contributed by atoms with Crippen molar-refractivity contribution in [1.29, 1.82) is 0 Å². The molecule has 0 aromatic heterocycles. The first-order chi connectivity index (χ1) is 21.6.